The van der Waals surface area contributed by atoms with Crippen molar-refractivity contribution in [1.82, 2.24) is 14.9 Å². The van der Waals surface area contributed by atoms with Crippen LogP contribution in [0.15, 0.2) is 18.6 Å². The molecule has 0 spiro atoms. The summed E-state index contributed by atoms with van der Waals surface area (Å²) in [5, 5.41) is 10.1. The van der Waals surface area contributed by atoms with Gasteiger partial charge in [0.1, 0.15) is 5.69 Å². The van der Waals surface area contributed by atoms with Crippen LogP contribution in [-0.4, -0.2) is 44.6 Å². The van der Waals surface area contributed by atoms with Crippen LogP contribution in [0.25, 0.3) is 0 Å². The molecule has 1 amide bonds. The lowest BCUT2D eigenvalue weighted by atomic mass is 9.94. The second-order valence-corrected chi connectivity index (χ2v) is 5.46. The molecule has 3 rings (SSSR count). The highest BCUT2D eigenvalue weighted by atomic mass is 16.3. The van der Waals surface area contributed by atoms with Gasteiger partial charge in [-0.15, -0.1) is 0 Å². The number of carbonyl (C=O) groups excluding carboxylic acids is 1. The summed E-state index contributed by atoms with van der Waals surface area (Å²) in [6, 6.07) is 0.173. The molecule has 3 atom stereocenters. The van der Waals surface area contributed by atoms with Gasteiger partial charge in [-0.1, -0.05) is 6.42 Å². The van der Waals surface area contributed by atoms with Crippen LogP contribution in [0, 0.1) is 5.92 Å². The highest BCUT2D eigenvalue weighted by Gasteiger charge is 2.40. The third kappa shape index (κ3) is 2.34. The van der Waals surface area contributed by atoms with Crippen molar-refractivity contribution in [3.05, 3.63) is 24.3 Å². The molecule has 5 heteroatoms. The van der Waals surface area contributed by atoms with E-state index in [1.807, 2.05) is 4.90 Å². The topological polar surface area (TPSA) is 66.3 Å². The van der Waals surface area contributed by atoms with Gasteiger partial charge in [0.05, 0.1) is 12.3 Å². The molecule has 0 bridgehead atoms. The number of likely N-dealkylation sites (tertiary alicyclic amines) is 1. The van der Waals surface area contributed by atoms with Crippen LogP contribution in [0.5, 0.6) is 0 Å². The molecule has 1 aliphatic carbocycles. The van der Waals surface area contributed by atoms with Crippen LogP contribution >= 0.6 is 0 Å². The van der Waals surface area contributed by atoms with E-state index in [-0.39, 0.29) is 24.0 Å². The smallest absolute Gasteiger partial charge is 0.274 e. The maximum atomic E-state index is 12.5. The molecule has 2 aliphatic rings. The third-order valence-corrected chi connectivity index (χ3v) is 4.37. The molecule has 102 valence electrons. The van der Waals surface area contributed by atoms with E-state index in [1.54, 1.807) is 12.4 Å². The van der Waals surface area contributed by atoms with Crippen LogP contribution in [0.2, 0.25) is 0 Å². The van der Waals surface area contributed by atoms with E-state index in [4.69, 9.17) is 0 Å². The summed E-state index contributed by atoms with van der Waals surface area (Å²) in [7, 11) is 0. The first-order chi connectivity index (χ1) is 9.27. The van der Waals surface area contributed by atoms with E-state index in [9.17, 15) is 9.90 Å². The summed E-state index contributed by atoms with van der Waals surface area (Å²) in [5.74, 6) is 0.192. The van der Waals surface area contributed by atoms with Gasteiger partial charge < -0.3 is 10.0 Å². The number of carbonyl (C=O) groups is 1. The first-order valence-corrected chi connectivity index (χ1v) is 7.02. The summed E-state index contributed by atoms with van der Waals surface area (Å²) >= 11 is 0. The van der Waals surface area contributed by atoms with Crippen molar-refractivity contribution in [2.75, 3.05) is 6.54 Å². The standard InChI is InChI=1S/C14H19N3O2/c18-13-5-1-3-10(13)12-4-2-8-17(12)14(19)11-9-15-6-7-16-11/h6-7,9-10,12-13,18H,1-5,8H2. The molecule has 1 saturated carbocycles. The van der Waals surface area contributed by atoms with Crippen LogP contribution in [0.1, 0.15) is 42.6 Å². The number of hydrogen-bond acceptors (Lipinski definition) is 4. The van der Waals surface area contributed by atoms with Gasteiger partial charge in [0, 0.05) is 30.9 Å². The van der Waals surface area contributed by atoms with E-state index in [0.29, 0.717) is 5.69 Å². The fourth-order valence-corrected chi connectivity index (χ4v) is 3.46. The maximum Gasteiger partial charge on any atom is 0.274 e. The van der Waals surface area contributed by atoms with E-state index in [1.165, 1.54) is 6.20 Å². The van der Waals surface area contributed by atoms with E-state index < -0.39 is 0 Å². The number of aliphatic hydroxyl groups excluding tert-OH is 1. The van der Waals surface area contributed by atoms with Gasteiger partial charge in [0.2, 0.25) is 0 Å². The van der Waals surface area contributed by atoms with Crippen molar-refractivity contribution in [2.24, 2.45) is 5.92 Å². The average molecular weight is 261 g/mol. The van der Waals surface area contributed by atoms with Crippen LogP contribution in [0.3, 0.4) is 0 Å². The van der Waals surface area contributed by atoms with Crippen LogP contribution in [-0.2, 0) is 0 Å². The molecule has 5 nitrogen and oxygen atoms in total. The highest BCUT2D eigenvalue weighted by Crippen LogP contribution is 2.36. The maximum absolute atomic E-state index is 12.5. The molecule has 1 aliphatic heterocycles. The number of nitrogens with zero attached hydrogens (tertiary/aromatic N) is 3. The van der Waals surface area contributed by atoms with Crippen molar-refractivity contribution in [2.45, 2.75) is 44.2 Å². The Morgan fingerprint density at radius 3 is 2.84 bits per heavy atom. The molecule has 1 saturated heterocycles. The average Bonchev–Trinajstić information content (AvgIpc) is 3.07. The largest absolute Gasteiger partial charge is 0.393 e. The Balaban J connectivity index is 1.78. The van der Waals surface area contributed by atoms with E-state index in [0.717, 1.165) is 38.6 Å². The molecule has 1 N–H and O–H groups in total. The minimum atomic E-state index is -0.250. The minimum absolute atomic E-state index is 0.0466. The third-order valence-electron chi connectivity index (χ3n) is 4.37. The minimum Gasteiger partial charge on any atom is -0.393 e. The Bertz CT molecular complexity index is 451. The van der Waals surface area contributed by atoms with Crippen LogP contribution in [0.4, 0.5) is 0 Å². The second-order valence-electron chi connectivity index (χ2n) is 5.46. The quantitative estimate of drug-likeness (QED) is 0.870. The molecular formula is C14H19N3O2. The molecular weight excluding hydrogens is 242 g/mol. The predicted octanol–water partition coefficient (Wildman–Crippen LogP) is 1.24. The first kappa shape index (κ1) is 12.5. The zero-order chi connectivity index (χ0) is 13.2. The number of hydrogen-bond donors (Lipinski definition) is 1. The summed E-state index contributed by atoms with van der Waals surface area (Å²) < 4.78 is 0. The van der Waals surface area contributed by atoms with E-state index >= 15 is 0 Å². The Morgan fingerprint density at radius 2 is 2.16 bits per heavy atom. The first-order valence-electron chi connectivity index (χ1n) is 7.02. The number of rotatable bonds is 2. The molecule has 2 heterocycles. The summed E-state index contributed by atoms with van der Waals surface area (Å²) in [4.78, 5) is 22.4. The molecule has 19 heavy (non-hydrogen) atoms. The van der Waals surface area contributed by atoms with Crippen molar-refractivity contribution >= 4 is 5.91 Å². The Kier molecular flexibility index (Phi) is 3.46. The second kappa shape index (κ2) is 5.25. The molecule has 0 radical (unpaired) electrons. The molecule has 3 unspecified atom stereocenters. The number of amides is 1. The van der Waals surface area contributed by atoms with Crippen molar-refractivity contribution in [3.8, 4) is 0 Å². The monoisotopic (exact) mass is 261 g/mol. The summed E-state index contributed by atoms with van der Waals surface area (Å²) in [5.41, 5.74) is 0.405. The van der Waals surface area contributed by atoms with Crippen molar-refractivity contribution in [1.29, 1.82) is 0 Å². The normalized spacial score (nSPS) is 30.8. The summed E-state index contributed by atoms with van der Waals surface area (Å²) in [6.07, 6.45) is 9.35. The highest BCUT2D eigenvalue weighted by molar-refractivity contribution is 5.92. The van der Waals surface area contributed by atoms with Gasteiger partial charge in [-0.2, -0.15) is 0 Å². The van der Waals surface area contributed by atoms with Gasteiger partial charge >= 0.3 is 0 Å². The Hall–Kier alpha value is -1.49. The summed E-state index contributed by atoms with van der Waals surface area (Å²) in [6.45, 7) is 0.767. The van der Waals surface area contributed by atoms with E-state index in [2.05, 4.69) is 9.97 Å². The fraction of sp³-hybridized carbons (Fsp3) is 0.643. The molecule has 2 fully saturated rings. The molecule has 1 aromatic heterocycles. The van der Waals surface area contributed by atoms with Gasteiger partial charge in [-0.3, -0.25) is 9.78 Å². The lowest BCUT2D eigenvalue weighted by Gasteiger charge is -2.31. The van der Waals surface area contributed by atoms with Gasteiger partial charge in [-0.25, -0.2) is 4.98 Å². The zero-order valence-electron chi connectivity index (χ0n) is 10.9. The zero-order valence-corrected chi connectivity index (χ0v) is 10.9. The van der Waals surface area contributed by atoms with Crippen molar-refractivity contribution < 1.29 is 9.90 Å². The van der Waals surface area contributed by atoms with Gasteiger partial charge in [0.15, 0.2) is 0 Å². The Labute approximate surface area is 112 Å². The predicted molar refractivity (Wildman–Crippen MR) is 69.4 cm³/mol. The number of aliphatic hydroxyl groups is 1. The number of aromatic nitrogens is 2. The lowest BCUT2D eigenvalue weighted by Crippen LogP contribution is -2.42. The van der Waals surface area contributed by atoms with Gasteiger partial charge in [-0.05, 0) is 25.7 Å². The SMILES string of the molecule is O=C(c1cnccn1)N1CCCC1C1CCCC1O. The Morgan fingerprint density at radius 1 is 1.26 bits per heavy atom. The lowest BCUT2D eigenvalue weighted by molar-refractivity contribution is 0.0523. The van der Waals surface area contributed by atoms with Gasteiger partial charge in [0.25, 0.3) is 5.91 Å². The van der Waals surface area contributed by atoms with Crippen LogP contribution < -0.4 is 0 Å². The molecule has 1 aromatic rings. The van der Waals surface area contributed by atoms with Crippen molar-refractivity contribution in [3.63, 3.8) is 0 Å². The fourth-order valence-electron chi connectivity index (χ4n) is 3.46. The molecule has 0 aromatic carbocycles.